The molecule has 0 spiro atoms. The fourth-order valence-electron chi connectivity index (χ4n) is 2.93. The van der Waals surface area contributed by atoms with Crippen LogP contribution in [0.4, 0.5) is 5.69 Å². The van der Waals surface area contributed by atoms with Crippen LogP contribution < -0.4 is 4.90 Å². The first-order chi connectivity index (χ1) is 11.1. The zero-order valence-electron chi connectivity index (χ0n) is 14.2. The lowest BCUT2D eigenvalue weighted by molar-refractivity contribution is 1.11. The second-order valence-corrected chi connectivity index (χ2v) is 6.14. The van der Waals surface area contributed by atoms with Crippen LogP contribution in [-0.2, 0) is 0 Å². The van der Waals surface area contributed by atoms with E-state index in [1.165, 1.54) is 33.3 Å². The van der Waals surface area contributed by atoms with Gasteiger partial charge in [-0.3, -0.25) is 4.98 Å². The minimum Gasteiger partial charge on any atom is -0.377 e. The Labute approximate surface area is 138 Å². The summed E-state index contributed by atoms with van der Waals surface area (Å²) in [7, 11) is 4.17. The number of pyridine rings is 1. The molecule has 0 saturated heterocycles. The summed E-state index contributed by atoms with van der Waals surface area (Å²) in [6, 6.07) is 14.8. The van der Waals surface area contributed by atoms with Gasteiger partial charge in [-0.2, -0.15) is 0 Å². The van der Waals surface area contributed by atoms with Crippen molar-refractivity contribution in [1.29, 1.82) is 0 Å². The quantitative estimate of drug-likeness (QED) is 0.670. The van der Waals surface area contributed by atoms with Gasteiger partial charge in [0.1, 0.15) is 0 Å². The van der Waals surface area contributed by atoms with Gasteiger partial charge in [0.05, 0.1) is 5.52 Å². The lowest BCUT2D eigenvalue weighted by Crippen LogP contribution is -2.10. The van der Waals surface area contributed by atoms with Crippen molar-refractivity contribution in [2.75, 3.05) is 19.0 Å². The molecule has 0 aliphatic heterocycles. The number of rotatable bonds is 3. The van der Waals surface area contributed by atoms with Crippen LogP contribution in [0.3, 0.4) is 0 Å². The Morgan fingerprint density at radius 2 is 1.61 bits per heavy atom. The van der Waals surface area contributed by atoms with Crippen molar-refractivity contribution in [2.45, 2.75) is 13.8 Å². The van der Waals surface area contributed by atoms with E-state index in [0.29, 0.717) is 0 Å². The van der Waals surface area contributed by atoms with Crippen LogP contribution in [0.5, 0.6) is 0 Å². The Balaban J connectivity index is 2.01. The first kappa shape index (κ1) is 15.3. The maximum atomic E-state index is 4.42. The number of nitrogens with zero attached hydrogens (tertiary/aromatic N) is 2. The predicted molar refractivity (Wildman–Crippen MR) is 101 cm³/mol. The summed E-state index contributed by atoms with van der Waals surface area (Å²) in [5, 5.41) is 1.19. The first-order valence-corrected chi connectivity index (χ1v) is 7.86. The minimum absolute atomic E-state index is 1.03. The third-order valence-corrected chi connectivity index (χ3v) is 4.19. The second-order valence-electron chi connectivity index (χ2n) is 6.14. The molecule has 0 aliphatic carbocycles. The van der Waals surface area contributed by atoms with Gasteiger partial charge < -0.3 is 4.90 Å². The Kier molecular flexibility index (Phi) is 4.16. The van der Waals surface area contributed by atoms with E-state index in [1.54, 1.807) is 0 Å². The highest BCUT2D eigenvalue weighted by Crippen LogP contribution is 2.25. The lowest BCUT2D eigenvalue weighted by atomic mass is 10.0. The van der Waals surface area contributed by atoms with Crippen molar-refractivity contribution in [3.63, 3.8) is 0 Å². The number of hydrogen-bond donors (Lipinski definition) is 0. The van der Waals surface area contributed by atoms with Crippen LogP contribution in [0.2, 0.25) is 0 Å². The predicted octanol–water partition coefficient (Wildman–Crippen LogP) is 5.09. The third kappa shape index (κ3) is 3.11. The van der Waals surface area contributed by atoms with Crippen molar-refractivity contribution in [2.24, 2.45) is 0 Å². The monoisotopic (exact) mass is 302 g/mol. The summed E-state index contributed by atoms with van der Waals surface area (Å²) in [5.74, 6) is 0. The Bertz CT molecular complexity index is 871. The SMILES string of the molecule is Cc1cc(N(C)C)c(C)cc1/C=C/c1ccnc2ccccc12. The van der Waals surface area contributed by atoms with E-state index in [0.717, 1.165) is 5.52 Å². The zero-order chi connectivity index (χ0) is 16.4. The summed E-state index contributed by atoms with van der Waals surface area (Å²) in [6.07, 6.45) is 6.25. The van der Waals surface area contributed by atoms with E-state index in [2.05, 4.69) is 80.3 Å². The molecule has 0 radical (unpaired) electrons. The maximum Gasteiger partial charge on any atom is 0.0707 e. The topological polar surface area (TPSA) is 16.1 Å². The molecule has 3 aromatic rings. The van der Waals surface area contributed by atoms with Gasteiger partial charge in [-0.1, -0.05) is 30.4 Å². The van der Waals surface area contributed by atoms with Crippen molar-refractivity contribution in [3.8, 4) is 0 Å². The molecule has 0 unspecified atom stereocenters. The van der Waals surface area contributed by atoms with Crippen molar-refractivity contribution in [1.82, 2.24) is 4.98 Å². The van der Waals surface area contributed by atoms with Gasteiger partial charge >= 0.3 is 0 Å². The van der Waals surface area contributed by atoms with Gasteiger partial charge in [0.15, 0.2) is 0 Å². The molecule has 2 heteroatoms. The standard InChI is InChI=1S/C21H22N2/c1-15-14-21(23(3)4)16(2)13-18(15)10-9-17-11-12-22-20-8-6-5-7-19(17)20/h5-14H,1-4H3/b10-9+. The highest BCUT2D eigenvalue weighted by molar-refractivity contribution is 5.90. The van der Waals surface area contributed by atoms with Gasteiger partial charge in [0.2, 0.25) is 0 Å². The van der Waals surface area contributed by atoms with Crippen LogP contribution in [-0.4, -0.2) is 19.1 Å². The zero-order valence-corrected chi connectivity index (χ0v) is 14.2. The third-order valence-electron chi connectivity index (χ3n) is 4.19. The molecular formula is C21H22N2. The van der Waals surface area contributed by atoms with Crippen LogP contribution in [0.25, 0.3) is 23.1 Å². The number of benzene rings is 2. The number of aryl methyl sites for hydroxylation is 2. The molecule has 0 fully saturated rings. The van der Waals surface area contributed by atoms with Gasteiger partial charge in [0.25, 0.3) is 0 Å². The second kappa shape index (κ2) is 6.25. The molecule has 0 atom stereocenters. The van der Waals surface area contributed by atoms with Crippen LogP contribution in [0.15, 0.2) is 48.7 Å². The number of anilines is 1. The molecule has 1 heterocycles. The highest BCUT2D eigenvalue weighted by atomic mass is 15.1. The summed E-state index contributed by atoms with van der Waals surface area (Å²) >= 11 is 0. The molecule has 3 rings (SSSR count). The lowest BCUT2D eigenvalue weighted by Gasteiger charge is -2.17. The van der Waals surface area contributed by atoms with Crippen molar-refractivity contribution < 1.29 is 0 Å². The molecular weight excluding hydrogens is 280 g/mol. The highest BCUT2D eigenvalue weighted by Gasteiger charge is 2.04. The smallest absolute Gasteiger partial charge is 0.0707 e. The first-order valence-electron chi connectivity index (χ1n) is 7.86. The fraction of sp³-hybridized carbons (Fsp3) is 0.190. The molecule has 0 aliphatic rings. The molecule has 2 nitrogen and oxygen atoms in total. The molecule has 1 aromatic heterocycles. The molecule has 116 valence electrons. The Hall–Kier alpha value is -2.61. The maximum absolute atomic E-state index is 4.42. The number of para-hydroxylation sites is 1. The fourth-order valence-corrected chi connectivity index (χ4v) is 2.93. The number of aromatic nitrogens is 1. The van der Waals surface area contributed by atoms with E-state index < -0.39 is 0 Å². The summed E-state index contributed by atoms with van der Waals surface area (Å²) in [5.41, 5.74) is 7.34. The van der Waals surface area contributed by atoms with Crippen LogP contribution in [0, 0.1) is 13.8 Å². The van der Waals surface area contributed by atoms with Crippen LogP contribution in [0.1, 0.15) is 22.3 Å². The van der Waals surface area contributed by atoms with Gasteiger partial charge in [0, 0.05) is 31.4 Å². The van der Waals surface area contributed by atoms with Crippen LogP contribution >= 0.6 is 0 Å². The molecule has 0 amide bonds. The molecule has 2 aromatic carbocycles. The normalized spacial score (nSPS) is 11.3. The van der Waals surface area contributed by atoms with Gasteiger partial charge in [-0.15, -0.1) is 0 Å². The number of hydrogen-bond acceptors (Lipinski definition) is 2. The van der Waals surface area contributed by atoms with Gasteiger partial charge in [-0.05, 0) is 60.4 Å². The average molecular weight is 302 g/mol. The Morgan fingerprint density at radius 3 is 2.39 bits per heavy atom. The van der Waals surface area contributed by atoms with Crippen molar-refractivity contribution >= 4 is 28.7 Å². The van der Waals surface area contributed by atoms with E-state index in [9.17, 15) is 0 Å². The molecule has 0 saturated carbocycles. The Morgan fingerprint density at radius 1 is 0.870 bits per heavy atom. The summed E-state index contributed by atoms with van der Waals surface area (Å²) < 4.78 is 0. The van der Waals surface area contributed by atoms with E-state index in [1.807, 2.05) is 18.3 Å². The largest absolute Gasteiger partial charge is 0.377 e. The minimum atomic E-state index is 1.03. The average Bonchev–Trinajstić information content (AvgIpc) is 2.55. The van der Waals surface area contributed by atoms with E-state index >= 15 is 0 Å². The number of fused-ring (bicyclic) bond motifs is 1. The summed E-state index contributed by atoms with van der Waals surface area (Å²) in [4.78, 5) is 6.58. The molecule has 23 heavy (non-hydrogen) atoms. The van der Waals surface area contributed by atoms with E-state index in [-0.39, 0.29) is 0 Å². The van der Waals surface area contributed by atoms with Gasteiger partial charge in [-0.25, -0.2) is 0 Å². The molecule has 0 N–H and O–H groups in total. The summed E-state index contributed by atoms with van der Waals surface area (Å²) in [6.45, 7) is 4.32. The molecule has 0 bridgehead atoms. The van der Waals surface area contributed by atoms with Crippen molar-refractivity contribution in [3.05, 3.63) is 70.9 Å². The van der Waals surface area contributed by atoms with E-state index in [4.69, 9.17) is 0 Å².